The van der Waals surface area contributed by atoms with Gasteiger partial charge in [0.1, 0.15) is 0 Å². The van der Waals surface area contributed by atoms with Crippen molar-refractivity contribution < 1.29 is 20.4 Å². The van der Waals surface area contributed by atoms with Gasteiger partial charge in [0.15, 0.2) is 0 Å². The van der Waals surface area contributed by atoms with Crippen molar-refractivity contribution in [1.29, 1.82) is 0 Å². The molecule has 4 heteroatoms. The van der Waals surface area contributed by atoms with Crippen molar-refractivity contribution >= 4 is 0 Å². The van der Waals surface area contributed by atoms with E-state index in [-0.39, 0.29) is 26.4 Å². The molecule has 1 aliphatic rings. The first kappa shape index (κ1) is 19.2. The minimum atomic E-state index is -0.125. The Morgan fingerprint density at radius 3 is 0.882 bits per heavy atom. The normalized spacial score (nSPS) is 14.1. The lowest BCUT2D eigenvalue weighted by atomic mass is 10.0. The zero-order valence-corrected chi connectivity index (χ0v) is 11.0. The van der Waals surface area contributed by atoms with Crippen LogP contribution in [0.4, 0.5) is 0 Å². The first-order valence-corrected chi connectivity index (χ1v) is 6.76. The lowest BCUT2D eigenvalue weighted by Crippen LogP contribution is -1.85. The maximum atomic E-state index is 8.21. The third-order valence-electron chi connectivity index (χ3n) is 2.42. The van der Waals surface area contributed by atoms with Gasteiger partial charge < -0.3 is 20.4 Å². The smallest absolute Gasteiger partial charge is 0.0662 e. The lowest BCUT2D eigenvalue weighted by molar-refractivity contribution is 0.186. The lowest BCUT2D eigenvalue weighted by Gasteiger charge is -2.05. The van der Waals surface area contributed by atoms with E-state index in [1.165, 1.54) is 38.5 Å². The third kappa shape index (κ3) is 25.8. The van der Waals surface area contributed by atoms with Crippen LogP contribution >= 0.6 is 0 Å². The van der Waals surface area contributed by atoms with Crippen molar-refractivity contribution in [2.45, 2.75) is 57.8 Å². The van der Waals surface area contributed by atoms with Crippen molar-refractivity contribution in [2.75, 3.05) is 26.4 Å². The predicted octanol–water partition coefficient (Wildman–Crippen LogP) is 1.45. The number of hydrogen-bond acceptors (Lipinski definition) is 4. The highest BCUT2D eigenvalue weighted by atomic mass is 16.3. The van der Waals surface area contributed by atoms with E-state index in [1.807, 2.05) is 0 Å². The summed E-state index contributed by atoms with van der Waals surface area (Å²) in [7, 11) is 0. The van der Waals surface area contributed by atoms with Crippen LogP contribution in [-0.4, -0.2) is 46.9 Å². The van der Waals surface area contributed by atoms with Gasteiger partial charge in [0.25, 0.3) is 0 Å². The summed E-state index contributed by atoms with van der Waals surface area (Å²) >= 11 is 0. The molecule has 0 aromatic heterocycles. The maximum Gasteiger partial charge on any atom is 0.0662 e. The molecule has 1 saturated carbocycles. The van der Waals surface area contributed by atoms with E-state index in [9.17, 15) is 0 Å². The van der Waals surface area contributed by atoms with Crippen molar-refractivity contribution in [3.63, 3.8) is 0 Å². The molecule has 0 amide bonds. The van der Waals surface area contributed by atoms with Crippen LogP contribution in [0.3, 0.4) is 0 Å². The summed E-state index contributed by atoms with van der Waals surface area (Å²) < 4.78 is 0. The summed E-state index contributed by atoms with van der Waals surface area (Å²) in [5, 5.41) is 31.7. The Hall–Kier alpha value is -0.160. The number of rotatable bonds is 5. The van der Waals surface area contributed by atoms with Crippen LogP contribution < -0.4 is 0 Å². The number of aliphatic hydroxyl groups excluding tert-OH is 4. The highest BCUT2D eigenvalue weighted by molar-refractivity contribution is 4.51. The number of unbranched alkanes of at least 4 members (excludes halogenated alkanes) is 2. The Morgan fingerprint density at radius 1 is 0.412 bits per heavy atom. The average Bonchev–Trinajstić information content (AvgIpc) is 2.42. The largest absolute Gasteiger partial charge is 0.396 e. The molecule has 1 aliphatic carbocycles. The van der Waals surface area contributed by atoms with E-state index in [0.717, 1.165) is 19.3 Å². The fraction of sp³-hybridized carbons (Fsp3) is 1.00. The van der Waals surface area contributed by atoms with E-state index >= 15 is 0 Å². The van der Waals surface area contributed by atoms with Crippen molar-refractivity contribution in [3.05, 3.63) is 0 Å². The highest BCUT2D eigenvalue weighted by Gasteiger charge is 1.95. The van der Waals surface area contributed by atoms with E-state index in [0.29, 0.717) is 0 Å². The van der Waals surface area contributed by atoms with Gasteiger partial charge in [0.05, 0.1) is 13.2 Å². The molecular formula is C13H30O4. The van der Waals surface area contributed by atoms with Crippen LogP contribution in [0, 0.1) is 0 Å². The van der Waals surface area contributed by atoms with Crippen LogP contribution in [-0.2, 0) is 0 Å². The van der Waals surface area contributed by atoms with Gasteiger partial charge in [-0.1, -0.05) is 38.5 Å². The van der Waals surface area contributed by atoms with Gasteiger partial charge in [-0.3, -0.25) is 0 Å². The molecule has 0 spiro atoms. The van der Waals surface area contributed by atoms with Crippen LogP contribution in [0.25, 0.3) is 0 Å². The minimum absolute atomic E-state index is 0.125. The maximum absolute atomic E-state index is 8.21. The molecule has 1 rings (SSSR count). The highest BCUT2D eigenvalue weighted by Crippen LogP contribution is 2.15. The van der Waals surface area contributed by atoms with Gasteiger partial charge in [0, 0.05) is 13.2 Å². The minimum Gasteiger partial charge on any atom is -0.396 e. The molecule has 0 saturated heterocycles. The molecule has 17 heavy (non-hydrogen) atoms. The molecule has 0 heterocycles. The molecule has 4 N–H and O–H groups in total. The Balaban J connectivity index is 0. The summed E-state index contributed by atoms with van der Waals surface area (Å²) in [5.74, 6) is 0. The van der Waals surface area contributed by atoms with Gasteiger partial charge in [0.2, 0.25) is 0 Å². The van der Waals surface area contributed by atoms with Crippen LogP contribution in [0.2, 0.25) is 0 Å². The molecule has 0 aromatic rings. The molecule has 0 radical (unpaired) electrons. The molecule has 1 fully saturated rings. The van der Waals surface area contributed by atoms with Crippen molar-refractivity contribution in [2.24, 2.45) is 0 Å². The van der Waals surface area contributed by atoms with Gasteiger partial charge in [-0.25, -0.2) is 0 Å². The fourth-order valence-corrected chi connectivity index (χ4v) is 1.46. The first-order chi connectivity index (χ1) is 8.33. The standard InChI is InChI=1S/C6H12.C5H12O2.C2H6O2/c1-2-4-6-5-3-1;6-4-2-1-3-5-7;3-1-2-4/h1-6H2;6-7H,1-5H2;3-4H,1-2H2. The third-order valence-corrected chi connectivity index (χ3v) is 2.42. The molecule has 106 valence electrons. The van der Waals surface area contributed by atoms with Crippen molar-refractivity contribution in [3.8, 4) is 0 Å². The summed E-state index contributed by atoms with van der Waals surface area (Å²) in [4.78, 5) is 0. The van der Waals surface area contributed by atoms with E-state index in [4.69, 9.17) is 20.4 Å². The zero-order valence-electron chi connectivity index (χ0n) is 11.0. The van der Waals surface area contributed by atoms with Crippen molar-refractivity contribution in [1.82, 2.24) is 0 Å². The topological polar surface area (TPSA) is 80.9 Å². The van der Waals surface area contributed by atoms with Gasteiger partial charge in [-0.2, -0.15) is 0 Å². The van der Waals surface area contributed by atoms with E-state index < -0.39 is 0 Å². The zero-order chi connectivity index (χ0) is 13.2. The molecule has 4 nitrogen and oxygen atoms in total. The monoisotopic (exact) mass is 250 g/mol. The Morgan fingerprint density at radius 2 is 0.706 bits per heavy atom. The second-order valence-electron chi connectivity index (χ2n) is 4.08. The van der Waals surface area contributed by atoms with Crippen LogP contribution in [0.15, 0.2) is 0 Å². The second-order valence-corrected chi connectivity index (χ2v) is 4.08. The number of hydrogen-bond donors (Lipinski definition) is 4. The molecule has 0 aliphatic heterocycles. The molecule has 0 atom stereocenters. The summed E-state index contributed by atoms with van der Waals surface area (Å²) in [6.07, 6.45) is 11.6. The SMILES string of the molecule is C1CCCCC1.OCCCCCO.OCCO. The van der Waals surface area contributed by atoms with E-state index in [1.54, 1.807) is 0 Å². The van der Waals surface area contributed by atoms with Gasteiger partial charge >= 0.3 is 0 Å². The molecule has 0 bridgehead atoms. The quantitative estimate of drug-likeness (QED) is 0.557. The fourth-order valence-electron chi connectivity index (χ4n) is 1.46. The first-order valence-electron chi connectivity index (χ1n) is 6.76. The molecule has 0 unspecified atom stereocenters. The average molecular weight is 250 g/mol. The summed E-state index contributed by atoms with van der Waals surface area (Å²) in [5.41, 5.74) is 0. The second kappa shape index (κ2) is 21.2. The Kier molecular flexibility index (Phi) is 23.9. The van der Waals surface area contributed by atoms with Gasteiger partial charge in [-0.15, -0.1) is 0 Å². The van der Waals surface area contributed by atoms with Crippen LogP contribution in [0.1, 0.15) is 57.8 Å². The predicted molar refractivity (Wildman–Crippen MR) is 69.9 cm³/mol. The van der Waals surface area contributed by atoms with Gasteiger partial charge in [-0.05, 0) is 19.3 Å². The summed E-state index contributed by atoms with van der Waals surface area (Å²) in [6, 6.07) is 0. The summed E-state index contributed by atoms with van der Waals surface area (Å²) in [6.45, 7) is 0.250. The Labute approximate surface area is 105 Å². The number of aliphatic hydroxyl groups is 4. The van der Waals surface area contributed by atoms with E-state index in [2.05, 4.69) is 0 Å². The Bertz CT molecular complexity index is 88.1. The molecular weight excluding hydrogens is 220 g/mol. The van der Waals surface area contributed by atoms with Crippen LogP contribution in [0.5, 0.6) is 0 Å². The molecule has 0 aromatic carbocycles.